The standard InChI is InChI=1S/C17H27NOS/c1-6-9-19-16-8-7-14(10-15(16)11(2)3)12(4)13(5)17(18)20/h7-8,10-13H,6,9H2,1-5H3,(H2,18,20). The predicted octanol–water partition coefficient (Wildman–Crippen LogP) is 4.62. The van der Waals surface area contributed by atoms with Gasteiger partial charge in [-0.25, -0.2) is 0 Å². The molecule has 0 fully saturated rings. The van der Waals surface area contributed by atoms with E-state index >= 15 is 0 Å². The van der Waals surface area contributed by atoms with Gasteiger partial charge in [-0.1, -0.05) is 59.0 Å². The fourth-order valence-electron chi connectivity index (χ4n) is 2.18. The van der Waals surface area contributed by atoms with Crippen LogP contribution in [0.15, 0.2) is 18.2 Å². The summed E-state index contributed by atoms with van der Waals surface area (Å²) in [7, 11) is 0. The Morgan fingerprint density at radius 2 is 1.90 bits per heavy atom. The van der Waals surface area contributed by atoms with Gasteiger partial charge in [0, 0.05) is 5.92 Å². The summed E-state index contributed by atoms with van der Waals surface area (Å²) < 4.78 is 5.84. The van der Waals surface area contributed by atoms with Crippen LogP contribution in [0.1, 0.15) is 64.0 Å². The first kappa shape index (κ1) is 17.0. The van der Waals surface area contributed by atoms with Gasteiger partial charge < -0.3 is 10.5 Å². The molecule has 0 heterocycles. The smallest absolute Gasteiger partial charge is 0.122 e. The molecule has 3 heteroatoms. The molecule has 0 amide bonds. The van der Waals surface area contributed by atoms with E-state index in [4.69, 9.17) is 22.7 Å². The Morgan fingerprint density at radius 1 is 1.25 bits per heavy atom. The summed E-state index contributed by atoms with van der Waals surface area (Å²) in [6.45, 7) is 11.5. The molecule has 1 aromatic rings. The minimum atomic E-state index is 0.201. The highest BCUT2D eigenvalue weighted by atomic mass is 32.1. The Kier molecular flexibility index (Phi) is 6.47. The van der Waals surface area contributed by atoms with Gasteiger partial charge in [0.15, 0.2) is 0 Å². The van der Waals surface area contributed by atoms with Gasteiger partial charge in [-0.2, -0.15) is 0 Å². The van der Waals surface area contributed by atoms with E-state index in [9.17, 15) is 0 Å². The molecule has 1 aromatic carbocycles. The summed E-state index contributed by atoms with van der Waals surface area (Å²) in [5.74, 6) is 1.97. The van der Waals surface area contributed by atoms with Crippen molar-refractivity contribution < 1.29 is 4.74 Å². The largest absolute Gasteiger partial charge is 0.493 e. The quantitative estimate of drug-likeness (QED) is 0.745. The summed E-state index contributed by atoms with van der Waals surface area (Å²) in [5, 5.41) is 0. The van der Waals surface area contributed by atoms with Crippen molar-refractivity contribution in [2.24, 2.45) is 11.7 Å². The first-order valence-electron chi connectivity index (χ1n) is 7.44. The fourth-order valence-corrected chi connectivity index (χ4v) is 2.38. The Morgan fingerprint density at radius 3 is 2.40 bits per heavy atom. The lowest BCUT2D eigenvalue weighted by molar-refractivity contribution is 0.313. The third kappa shape index (κ3) is 4.20. The van der Waals surface area contributed by atoms with Gasteiger partial charge in [-0.05, 0) is 35.4 Å². The number of hydrogen-bond donors (Lipinski definition) is 1. The van der Waals surface area contributed by atoms with Gasteiger partial charge in [-0.3, -0.25) is 0 Å². The van der Waals surface area contributed by atoms with Crippen molar-refractivity contribution in [2.45, 2.75) is 52.9 Å². The van der Waals surface area contributed by atoms with Gasteiger partial charge in [0.1, 0.15) is 5.75 Å². The molecule has 0 spiro atoms. The van der Waals surface area contributed by atoms with E-state index in [1.807, 2.05) is 0 Å². The second-order valence-corrected chi connectivity index (χ2v) is 6.25. The van der Waals surface area contributed by atoms with E-state index in [0.29, 0.717) is 16.8 Å². The molecule has 2 atom stereocenters. The number of rotatable bonds is 7. The molecule has 2 nitrogen and oxygen atoms in total. The Balaban J connectivity index is 3.06. The maximum atomic E-state index is 5.84. The van der Waals surface area contributed by atoms with Crippen LogP contribution in [0.25, 0.3) is 0 Å². The van der Waals surface area contributed by atoms with Crippen molar-refractivity contribution in [2.75, 3.05) is 6.61 Å². The zero-order valence-electron chi connectivity index (χ0n) is 13.3. The summed E-state index contributed by atoms with van der Waals surface area (Å²) in [6, 6.07) is 6.47. The second kappa shape index (κ2) is 7.63. The molecule has 112 valence electrons. The molecule has 2 N–H and O–H groups in total. The van der Waals surface area contributed by atoms with E-state index < -0.39 is 0 Å². The van der Waals surface area contributed by atoms with Crippen LogP contribution in [0.5, 0.6) is 5.75 Å². The highest BCUT2D eigenvalue weighted by molar-refractivity contribution is 7.80. The lowest BCUT2D eigenvalue weighted by Crippen LogP contribution is -2.23. The summed E-state index contributed by atoms with van der Waals surface area (Å²) in [4.78, 5) is 0.579. The molecule has 0 aliphatic rings. The average Bonchev–Trinajstić information content (AvgIpc) is 2.43. The van der Waals surface area contributed by atoms with Crippen molar-refractivity contribution in [3.8, 4) is 5.75 Å². The first-order valence-corrected chi connectivity index (χ1v) is 7.85. The monoisotopic (exact) mass is 293 g/mol. The number of benzene rings is 1. The maximum absolute atomic E-state index is 5.84. The van der Waals surface area contributed by atoms with Crippen LogP contribution >= 0.6 is 12.2 Å². The third-order valence-electron chi connectivity index (χ3n) is 3.84. The summed E-state index contributed by atoms with van der Waals surface area (Å²) >= 11 is 5.12. The van der Waals surface area contributed by atoms with Crippen LogP contribution in [0.2, 0.25) is 0 Å². The number of thiocarbonyl (C=S) groups is 1. The molecule has 0 aromatic heterocycles. The second-order valence-electron chi connectivity index (χ2n) is 5.78. The van der Waals surface area contributed by atoms with Crippen LogP contribution in [0.3, 0.4) is 0 Å². The van der Waals surface area contributed by atoms with Gasteiger partial charge in [0.2, 0.25) is 0 Å². The van der Waals surface area contributed by atoms with Crippen LogP contribution in [0.4, 0.5) is 0 Å². The van der Waals surface area contributed by atoms with Gasteiger partial charge >= 0.3 is 0 Å². The first-order chi connectivity index (χ1) is 9.38. The molecule has 20 heavy (non-hydrogen) atoms. The highest BCUT2D eigenvalue weighted by Crippen LogP contribution is 2.32. The van der Waals surface area contributed by atoms with E-state index in [2.05, 4.69) is 52.8 Å². The van der Waals surface area contributed by atoms with Crippen molar-refractivity contribution in [3.63, 3.8) is 0 Å². The van der Waals surface area contributed by atoms with E-state index in [-0.39, 0.29) is 5.92 Å². The minimum absolute atomic E-state index is 0.201. The van der Waals surface area contributed by atoms with Crippen LogP contribution in [-0.2, 0) is 0 Å². The Labute approximate surface area is 128 Å². The van der Waals surface area contributed by atoms with Gasteiger partial charge in [0.05, 0.1) is 11.6 Å². The highest BCUT2D eigenvalue weighted by Gasteiger charge is 2.19. The average molecular weight is 293 g/mol. The maximum Gasteiger partial charge on any atom is 0.122 e. The SMILES string of the molecule is CCCOc1ccc(C(C)C(C)C(N)=S)cc1C(C)C. The molecule has 0 saturated carbocycles. The molecule has 0 saturated heterocycles. The summed E-state index contributed by atoms with van der Waals surface area (Å²) in [5.41, 5.74) is 8.31. The van der Waals surface area contributed by atoms with Crippen LogP contribution in [0, 0.1) is 5.92 Å². The third-order valence-corrected chi connectivity index (χ3v) is 4.21. The van der Waals surface area contributed by atoms with Crippen molar-refractivity contribution in [3.05, 3.63) is 29.3 Å². The summed E-state index contributed by atoms with van der Waals surface area (Å²) in [6.07, 6.45) is 1.02. The lowest BCUT2D eigenvalue weighted by Gasteiger charge is -2.22. The van der Waals surface area contributed by atoms with Gasteiger partial charge in [-0.15, -0.1) is 0 Å². The van der Waals surface area contributed by atoms with Crippen molar-refractivity contribution >= 4 is 17.2 Å². The molecule has 0 aliphatic heterocycles. The normalized spacial score (nSPS) is 14.1. The zero-order chi connectivity index (χ0) is 15.3. The molecular formula is C17H27NOS. The molecule has 2 unspecified atom stereocenters. The van der Waals surface area contributed by atoms with E-state index in [0.717, 1.165) is 18.8 Å². The van der Waals surface area contributed by atoms with E-state index in [1.165, 1.54) is 11.1 Å². The topological polar surface area (TPSA) is 35.2 Å². The zero-order valence-corrected chi connectivity index (χ0v) is 14.1. The molecule has 0 radical (unpaired) electrons. The molecule has 0 bridgehead atoms. The van der Waals surface area contributed by atoms with Crippen molar-refractivity contribution in [1.82, 2.24) is 0 Å². The Bertz CT molecular complexity index is 456. The van der Waals surface area contributed by atoms with Crippen LogP contribution < -0.4 is 10.5 Å². The van der Waals surface area contributed by atoms with Gasteiger partial charge in [0.25, 0.3) is 0 Å². The number of hydrogen-bond acceptors (Lipinski definition) is 2. The fraction of sp³-hybridized carbons (Fsp3) is 0.588. The molecule has 1 rings (SSSR count). The number of nitrogens with two attached hydrogens (primary N) is 1. The molecule has 0 aliphatic carbocycles. The van der Waals surface area contributed by atoms with Crippen LogP contribution in [-0.4, -0.2) is 11.6 Å². The molecular weight excluding hydrogens is 266 g/mol. The lowest BCUT2D eigenvalue weighted by atomic mass is 9.86. The predicted molar refractivity (Wildman–Crippen MR) is 90.7 cm³/mol. The minimum Gasteiger partial charge on any atom is -0.493 e. The van der Waals surface area contributed by atoms with E-state index in [1.54, 1.807) is 0 Å². The number of ether oxygens (including phenoxy) is 1. The Hall–Kier alpha value is -1.09. The van der Waals surface area contributed by atoms with Crippen molar-refractivity contribution in [1.29, 1.82) is 0 Å².